The van der Waals surface area contributed by atoms with E-state index in [-0.39, 0.29) is 18.1 Å². The molecule has 0 unspecified atom stereocenters. The Hall–Kier alpha value is -1.37. The van der Waals surface area contributed by atoms with Crippen molar-refractivity contribution in [1.29, 1.82) is 0 Å². The Morgan fingerprint density at radius 2 is 2.45 bits per heavy atom. The van der Waals surface area contributed by atoms with Crippen molar-refractivity contribution in [1.82, 2.24) is 15.2 Å². The number of rotatable bonds is 6. The number of carbonyl (C=O) groups is 1. The quantitative estimate of drug-likeness (QED) is 0.796. The molecule has 1 amide bonds. The van der Waals surface area contributed by atoms with Crippen LogP contribution >= 0.6 is 0 Å². The van der Waals surface area contributed by atoms with Gasteiger partial charge in [-0.05, 0) is 26.6 Å². The molecule has 1 aromatic rings. The maximum absolute atomic E-state index is 12.1. The highest BCUT2D eigenvalue weighted by Gasteiger charge is 2.28. The number of H-pyrrole nitrogens is 1. The number of nitrogens with one attached hydrogen (secondary N) is 2. The molecule has 2 atom stereocenters. The minimum Gasteiger partial charge on any atom is -0.379 e. The molecule has 6 nitrogen and oxygen atoms in total. The largest absolute Gasteiger partial charge is 0.379 e. The van der Waals surface area contributed by atoms with Crippen LogP contribution in [0.4, 0.5) is 0 Å². The van der Waals surface area contributed by atoms with E-state index >= 15 is 0 Å². The fraction of sp³-hybridized carbons (Fsp3) is 0.643. The van der Waals surface area contributed by atoms with Crippen LogP contribution in [-0.2, 0) is 9.47 Å². The van der Waals surface area contributed by atoms with Gasteiger partial charge in [0, 0.05) is 25.5 Å². The zero-order valence-electron chi connectivity index (χ0n) is 12.1. The summed E-state index contributed by atoms with van der Waals surface area (Å²) in [6.07, 6.45) is 4.13. The van der Waals surface area contributed by atoms with Gasteiger partial charge in [0.25, 0.3) is 5.91 Å². The first-order valence-corrected chi connectivity index (χ1v) is 6.94. The average Bonchev–Trinajstić information content (AvgIpc) is 2.94. The van der Waals surface area contributed by atoms with Crippen molar-refractivity contribution in [2.75, 3.05) is 40.5 Å². The van der Waals surface area contributed by atoms with Gasteiger partial charge in [-0.3, -0.25) is 4.79 Å². The monoisotopic (exact) mass is 281 g/mol. The molecule has 6 heteroatoms. The van der Waals surface area contributed by atoms with E-state index in [0.717, 1.165) is 13.0 Å². The maximum atomic E-state index is 12.1. The molecular formula is C14H23N3O3. The molecule has 0 radical (unpaired) electrons. The second-order valence-corrected chi connectivity index (χ2v) is 5.26. The van der Waals surface area contributed by atoms with Gasteiger partial charge in [-0.25, -0.2) is 0 Å². The summed E-state index contributed by atoms with van der Waals surface area (Å²) in [6, 6.07) is 1.77. The molecule has 1 aliphatic rings. The molecule has 0 bridgehead atoms. The van der Waals surface area contributed by atoms with E-state index in [2.05, 4.69) is 15.2 Å². The van der Waals surface area contributed by atoms with Crippen LogP contribution in [0.3, 0.4) is 0 Å². The zero-order valence-corrected chi connectivity index (χ0v) is 12.1. The zero-order chi connectivity index (χ0) is 14.4. The second-order valence-electron chi connectivity index (χ2n) is 5.26. The van der Waals surface area contributed by atoms with Crippen molar-refractivity contribution >= 4 is 5.91 Å². The molecule has 1 fully saturated rings. The van der Waals surface area contributed by atoms with Gasteiger partial charge in [-0.15, -0.1) is 0 Å². The lowest BCUT2D eigenvalue weighted by Gasteiger charge is -2.32. The molecule has 1 aliphatic heterocycles. The number of likely N-dealkylation sites (N-methyl/N-ethyl adjacent to an activating group) is 1. The molecule has 0 aromatic carbocycles. The van der Waals surface area contributed by atoms with Crippen molar-refractivity contribution in [2.24, 2.45) is 0 Å². The molecule has 2 rings (SSSR count). The van der Waals surface area contributed by atoms with E-state index in [1.54, 1.807) is 18.5 Å². The van der Waals surface area contributed by atoms with Gasteiger partial charge in [0.05, 0.1) is 24.8 Å². The molecule has 2 heterocycles. The Bertz CT molecular complexity index is 406. The number of ether oxygens (including phenoxy) is 2. The Morgan fingerprint density at radius 1 is 1.60 bits per heavy atom. The average molecular weight is 281 g/mol. The number of aromatic amines is 1. The minimum absolute atomic E-state index is 0.00770. The van der Waals surface area contributed by atoms with E-state index in [0.29, 0.717) is 25.4 Å². The van der Waals surface area contributed by atoms with Crippen LogP contribution in [0.1, 0.15) is 16.8 Å². The fourth-order valence-corrected chi connectivity index (χ4v) is 2.14. The highest BCUT2D eigenvalue weighted by molar-refractivity contribution is 5.94. The van der Waals surface area contributed by atoms with Crippen LogP contribution in [0, 0.1) is 0 Å². The first-order valence-electron chi connectivity index (χ1n) is 6.94. The van der Waals surface area contributed by atoms with E-state index < -0.39 is 0 Å². The van der Waals surface area contributed by atoms with E-state index in [4.69, 9.17) is 9.47 Å². The van der Waals surface area contributed by atoms with Gasteiger partial charge < -0.3 is 24.7 Å². The Balaban J connectivity index is 1.85. The molecule has 0 saturated carbocycles. The standard InChI is InChI=1S/C14H23N3O3/c1-17(2)6-8-20-13-10-19-7-4-12(13)16-14(18)11-3-5-15-9-11/h3,5,9,12-13,15H,4,6-8,10H2,1-2H3,(H,16,18)/t12-,13-/m1/s1. The van der Waals surface area contributed by atoms with Crippen molar-refractivity contribution in [3.63, 3.8) is 0 Å². The third kappa shape index (κ3) is 4.33. The molecule has 1 aromatic heterocycles. The predicted molar refractivity (Wildman–Crippen MR) is 75.8 cm³/mol. The molecular weight excluding hydrogens is 258 g/mol. The Kier molecular flexibility index (Phi) is 5.58. The van der Waals surface area contributed by atoms with Crippen LogP contribution in [0.15, 0.2) is 18.5 Å². The van der Waals surface area contributed by atoms with Crippen LogP contribution in [0.5, 0.6) is 0 Å². The van der Waals surface area contributed by atoms with Crippen LogP contribution in [0.2, 0.25) is 0 Å². The van der Waals surface area contributed by atoms with Gasteiger partial charge in [0.1, 0.15) is 6.10 Å². The second kappa shape index (κ2) is 7.42. The van der Waals surface area contributed by atoms with Crippen LogP contribution < -0.4 is 5.32 Å². The summed E-state index contributed by atoms with van der Waals surface area (Å²) < 4.78 is 11.3. The predicted octanol–water partition coefficient (Wildman–Crippen LogP) is 0.480. The number of hydrogen-bond acceptors (Lipinski definition) is 4. The van der Waals surface area contributed by atoms with Crippen molar-refractivity contribution < 1.29 is 14.3 Å². The maximum Gasteiger partial charge on any atom is 0.253 e. The summed E-state index contributed by atoms with van der Waals surface area (Å²) >= 11 is 0. The Labute approximate surface area is 119 Å². The van der Waals surface area contributed by atoms with Crippen molar-refractivity contribution in [3.05, 3.63) is 24.0 Å². The van der Waals surface area contributed by atoms with Gasteiger partial charge in [-0.2, -0.15) is 0 Å². The molecule has 112 valence electrons. The molecule has 0 spiro atoms. The summed E-state index contributed by atoms with van der Waals surface area (Å²) in [5, 5.41) is 3.03. The summed E-state index contributed by atoms with van der Waals surface area (Å²) in [7, 11) is 4.01. The Morgan fingerprint density at radius 3 is 3.15 bits per heavy atom. The summed E-state index contributed by atoms with van der Waals surface area (Å²) in [5.74, 6) is -0.0700. The van der Waals surface area contributed by atoms with E-state index in [1.807, 2.05) is 14.1 Å². The fourth-order valence-electron chi connectivity index (χ4n) is 2.14. The highest BCUT2D eigenvalue weighted by Crippen LogP contribution is 2.12. The summed E-state index contributed by atoms with van der Waals surface area (Å²) in [6.45, 7) is 2.68. The molecule has 20 heavy (non-hydrogen) atoms. The lowest BCUT2D eigenvalue weighted by Crippen LogP contribution is -2.50. The molecule has 0 aliphatic carbocycles. The smallest absolute Gasteiger partial charge is 0.253 e. The van der Waals surface area contributed by atoms with Crippen LogP contribution in [0.25, 0.3) is 0 Å². The van der Waals surface area contributed by atoms with Crippen LogP contribution in [-0.4, -0.2) is 68.4 Å². The lowest BCUT2D eigenvalue weighted by atomic mass is 10.1. The summed E-state index contributed by atoms with van der Waals surface area (Å²) in [4.78, 5) is 17.0. The number of amides is 1. The van der Waals surface area contributed by atoms with E-state index in [1.165, 1.54) is 0 Å². The first kappa shape index (κ1) is 15.0. The lowest BCUT2D eigenvalue weighted by molar-refractivity contribution is -0.0690. The third-order valence-electron chi connectivity index (χ3n) is 3.35. The number of nitrogens with zero attached hydrogens (tertiary/aromatic N) is 1. The number of aromatic nitrogens is 1. The topological polar surface area (TPSA) is 66.6 Å². The van der Waals surface area contributed by atoms with Gasteiger partial charge in [-0.1, -0.05) is 0 Å². The molecule has 2 N–H and O–H groups in total. The van der Waals surface area contributed by atoms with Crippen molar-refractivity contribution in [3.8, 4) is 0 Å². The number of carbonyl (C=O) groups excluding carboxylic acids is 1. The number of hydrogen-bond donors (Lipinski definition) is 2. The van der Waals surface area contributed by atoms with Gasteiger partial charge in [0.15, 0.2) is 0 Å². The summed E-state index contributed by atoms with van der Waals surface area (Å²) in [5.41, 5.74) is 0.642. The minimum atomic E-state index is -0.0772. The molecule has 1 saturated heterocycles. The van der Waals surface area contributed by atoms with E-state index in [9.17, 15) is 4.79 Å². The highest BCUT2D eigenvalue weighted by atomic mass is 16.5. The first-order chi connectivity index (χ1) is 9.66. The van der Waals surface area contributed by atoms with Gasteiger partial charge in [0.2, 0.25) is 0 Å². The third-order valence-corrected chi connectivity index (χ3v) is 3.35. The SMILES string of the molecule is CN(C)CCO[C@@H]1COCC[C@H]1NC(=O)c1cc[nH]c1. The van der Waals surface area contributed by atoms with Gasteiger partial charge >= 0.3 is 0 Å². The normalized spacial score (nSPS) is 22.9. The van der Waals surface area contributed by atoms with Crippen molar-refractivity contribution in [2.45, 2.75) is 18.6 Å².